The van der Waals surface area contributed by atoms with E-state index in [0.717, 1.165) is 17.3 Å². The minimum atomic E-state index is -0.475. The van der Waals surface area contributed by atoms with Crippen LogP contribution in [0, 0.1) is 10.1 Å². The van der Waals surface area contributed by atoms with Gasteiger partial charge in [0, 0.05) is 11.6 Å². The van der Waals surface area contributed by atoms with Gasteiger partial charge in [0.25, 0.3) is 5.22 Å². The molecule has 3 heterocycles. The van der Waals surface area contributed by atoms with Crippen molar-refractivity contribution in [2.24, 2.45) is 0 Å². The zero-order valence-corrected chi connectivity index (χ0v) is 12.9. The van der Waals surface area contributed by atoms with E-state index in [2.05, 4.69) is 15.2 Å². The van der Waals surface area contributed by atoms with Crippen molar-refractivity contribution in [2.45, 2.75) is 10.2 Å². The molecule has 0 N–H and O–H groups in total. The monoisotopic (exact) mass is 339 g/mol. The van der Waals surface area contributed by atoms with Gasteiger partial charge in [-0.2, -0.15) is 9.38 Å². The van der Waals surface area contributed by atoms with Crippen molar-refractivity contribution in [1.82, 2.24) is 19.6 Å². The van der Waals surface area contributed by atoms with E-state index in [1.165, 1.54) is 4.40 Å². The van der Waals surface area contributed by atoms with Crippen molar-refractivity contribution in [3.05, 3.63) is 64.8 Å². The number of nitrogens with zero attached hydrogens (tertiary/aromatic N) is 5. The molecule has 1 aromatic carbocycles. The van der Waals surface area contributed by atoms with Crippen molar-refractivity contribution in [3.63, 3.8) is 0 Å². The number of nitro groups is 1. The summed E-state index contributed by atoms with van der Waals surface area (Å²) < 4.78 is 6.99. The summed E-state index contributed by atoms with van der Waals surface area (Å²) in [5, 5.41) is 19.7. The molecule has 0 amide bonds. The van der Waals surface area contributed by atoms with Crippen molar-refractivity contribution < 1.29 is 9.34 Å². The fourth-order valence-electron chi connectivity index (χ4n) is 2.23. The van der Waals surface area contributed by atoms with E-state index in [0.29, 0.717) is 11.5 Å². The maximum Gasteiger partial charge on any atom is 0.362 e. The van der Waals surface area contributed by atoms with E-state index in [1.807, 2.05) is 30.3 Å². The summed E-state index contributed by atoms with van der Waals surface area (Å²) >= 11 is 0.970. The van der Waals surface area contributed by atoms with Gasteiger partial charge in [0.2, 0.25) is 16.6 Å². The summed E-state index contributed by atoms with van der Waals surface area (Å²) in [7, 11) is 0. The molecule has 3 aromatic heterocycles. The Labute approximate surface area is 139 Å². The molecule has 0 aliphatic carbocycles. The van der Waals surface area contributed by atoms with Gasteiger partial charge in [-0.05, 0) is 34.9 Å². The third-order valence-electron chi connectivity index (χ3n) is 3.26. The quantitative estimate of drug-likeness (QED) is 0.415. The smallest absolute Gasteiger partial charge is 0.362 e. The minimum Gasteiger partial charge on any atom is -0.411 e. The van der Waals surface area contributed by atoms with Crippen molar-refractivity contribution in [3.8, 4) is 11.5 Å². The highest BCUT2D eigenvalue weighted by atomic mass is 32.2. The second-order valence-electron chi connectivity index (χ2n) is 4.77. The Morgan fingerprint density at radius 2 is 1.88 bits per heavy atom. The van der Waals surface area contributed by atoms with Gasteiger partial charge in [-0.1, -0.05) is 24.3 Å². The molecule has 0 fully saturated rings. The number of imidazole rings is 1. The summed E-state index contributed by atoms with van der Waals surface area (Å²) in [6, 6.07) is 14.5. The van der Waals surface area contributed by atoms with Crippen LogP contribution in [0.4, 0.5) is 5.82 Å². The highest BCUT2D eigenvalue weighted by molar-refractivity contribution is 7.99. The van der Waals surface area contributed by atoms with Crippen LogP contribution in [0.15, 0.2) is 69.4 Å². The van der Waals surface area contributed by atoms with E-state index >= 15 is 0 Å². The molecule has 0 aliphatic rings. The molecule has 24 heavy (non-hydrogen) atoms. The first-order valence-corrected chi connectivity index (χ1v) is 7.72. The lowest BCUT2D eigenvalue weighted by molar-refractivity contribution is -0.393. The molecule has 0 radical (unpaired) electrons. The van der Waals surface area contributed by atoms with Crippen LogP contribution in [0.25, 0.3) is 17.1 Å². The van der Waals surface area contributed by atoms with Crippen LogP contribution < -0.4 is 0 Å². The molecule has 0 spiro atoms. The molecule has 9 heteroatoms. The molecular formula is C15H9N5O3S. The Kier molecular flexibility index (Phi) is 3.47. The zero-order chi connectivity index (χ0) is 16.5. The van der Waals surface area contributed by atoms with E-state index in [-0.39, 0.29) is 16.1 Å². The van der Waals surface area contributed by atoms with E-state index < -0.39 is 4.92 Å². The fraction of sp³-hybridized carbons (Fsp3) is 0. The van der Waals surface area contributed by atoms with Gasteiger partial charge in [-0.3, -0.25) is 0 Å². The molecular weight excluding hydrogens is 330 g/mol. The van der Waals surface area contributed by atoms with E-state index in [1.54, 1.807) is 24.4 Å². The summed E-state index contributed by atoms with van der Waals surface area (Å²) in [5.41, 5.74) is 1.26. The number of hydrogen-bond acceptors (Lipinski definition) is 7. The van der Waals surface area contributed by atoms with Crippen LogP contribution in [0.5, 0.6) is 0 Å². The standard InChI is InChI=1S/C15H9N5O3S/c21-20(22)14-13(16-11-8-4-5-9-19(11)14)24-15-18-17-12(23-15)10-6-2-1-3-7-10/h1-9H. The Bertz CT molecular complexity index is 1030. The Balaban J connectivity index is 1.71. The summed E-state index contributed by atoms with van der Waals surface area (Å²) in [6.45, 7) is 0. The summed E-state index contributed by atoms with van der Waals surface area (Å²) in [5.74, 6) is 0.222. The first-order valence-electron chi connectivity index (χ1n) is 6.90. The van der Waals surface area contributed by atoms with Gasteiger partial charge >= 0.3 is 5.82 Å². The maximum absolute atomic E-state index is 11.4. The number of aromatic nitrogens is 4. The average molecular weight is 339 g/mol. The topological polar surface area (TPSA) is 99.4 Å². The predicted octanol–water partition coefficient (Wildman–Crippen LogP) is 3.44. The second kappa shape index (κ2) is 5.78. The van der Waals surface area contributed by atoms with Crippen molar-refractivity contribution >= 4 is 23.2 Å². The van der Waals surface area contributed by atoms with E-state index in [4.69, 9.17) is 4.42 Å². The van der Waals surface area contributed by atoms with Gasteiger partial charge in [-0.25, -0.2) is 0 Å². The van der Waals surface area contributed by atoms with Gasteiger partial charge in [0.1, 0.15) is 0 Å². The molecule has 118 valence electrons. The lowest BCUT2D eigenvalue weighted by atomic mass is 10.2. The average Bonchev–Trinajstić information content (AvgIpc) is 3.20. The van der Waals surface area contributed by atoms with Gasteiger partial charge in [0.05, 0.1) is 6.20 Å². The Hall–Kier alpha value is -3.20. The van der Waals surface area contributed by atoms with E-state index in [9.17, 15) is 10.1 Å². The van der Waals surface area contributed by atoms with Crippen LogP contribution in [-0.4, -0.2) is 24.5 Å². The fourth-order valence-corrected chi connectivity index (χ4v) is 3.00. The number of pyridine rings is 1. The van der Waals surface area contributed by atoms with Crippen LogP contribution >= 0.6 is 11.8 Å². The molecule has 8 nitrogen and oxygen atoms in total. The first kappa shape index (κ1) is 14.4. The van der Waals surface area contributed by atoms with Crippen LogP contribution in [-0.2, 0) is 0 Å². The van der Waals surface area contributed by atoms with Crippen LogP contribution in [0.3, 0.4) is 0 Å². The lowest BCUT2D eigenvalue weighted by Crippen LogP contribution is -1.94. The number of rotatable bonds is 4. The Morgan fingerprint density at radius 1 is 1.08 bits per heavy atom. The van der Waals surface area contributed by atoms with Crippen molar-refractivity contribution in [2.75, 3.05) is 0 Å². The SMILES string of the molecule is O=[N+]([O-])c1c(Sc2nnc(-c3ccccc3)o2)nc2ccccn12. The van der Waals surface area contributed by atoms with Gasteiger partial charge in [0.15, 0.2) is 0 Å². The number of hydrogen-bond donors (Lipinski definition) is 0. The highest BCUT2D eigenvalue weighted by Gasteiger charge is 2.25. The third kappa shape index (κ3) is 2.50. The predicted molar refractivity (Wildman–Crippen MR) is 85.7 cm³/mol. The van der Waals surface area contributed by atoms with Crippen LogP contribution in [0.2, 0.25) is 0 Å². The highest BCUT2D eigenvalue weighted by Crippen LogP contribution is 2.35. The Morgan fingerprint density at radius 3 is 2.67 bits per heavy atom. The molecule has 4 aromatic rings. The molecule has 0 bridgehead atoms. The molecule has 0 saturated carbocycles. The largest absolute Gasteiger partial charge is 0.411 e. The summed E-state index contributed by atoms with van der Waals surface area (Å²) in [6.07, 6.45) is 1.59. The summed E-state index contributed by atoms with van der Waals surface area (Å²) in [4.78, 5) is 15.2. The lowest BCUT2D eigenvalue weighted by Gasteiger charge is -1.95. The molecule has 0 saturated heterocycles. The number of fused-ring (bicyclic) bond motifs is 1. The zero-order valence-electron chi connectivity index (χ0n) is 12.1. The van der Waals surface area contributed by atoms with Crippen molar-refractivity contribution in [1.29, 1.82) is 0 Å². The first-order chi connectivity index (χ1) is 11.7. The van der Waals surface area contributed by atoms with Gasteiger partial charge in [-0.15, -0.1) is 10.2 Å². The molecule has 0 unspecified atom stereocenters. The minimum absolute atomic E-state index is 0.130. The molecule has 4 rings (SSSR count). The maximum atomic E-state index is 11.4. The number of benzene rings is 1. The van der Waals surface area contributed by atoms with Gasteiger partial charge < -0.3 is 14.5 Å². The van der Waals surface area contributed by atoms with Crippen LogP contribution in [0.1, 0.15) is 0 Å². The second-order valence-corrected chi connectivity index (χ2v) is 5.71. The molecule has 0 aliphatic heterocycles. The normalized spacial score (nSPS) is 11.0. The molecule has 0 atom stereocenters. The third-order valence-corrected chi connectivity index (χ3v) is 4.06.